The van der Waals surface area contributed by atoms with Crippen LogP contribution in [0.5, 0.6) is 0 Å². The molecule has 2 aromatic rings. The van der Waals surface area contributed by atoms with Gasteiger partial charge in [-0.2, -0.15) is 0 Å². The van der Waals surface area contributed by atoms with Crippen molar-refractivity contribution in [2.75, 3.05) is 12.4 Å². The van der Waals surface area contributed by atoms with Gasteiger partial charge < -0.3 is 10.2 Å². The van der Waals surface area contributed by atoms with Crippen LogP contribution in [0.4, 0.5) is 5.69 Å². The Morgan fingerprint density at radius 2 is 1.82 bits per heavy atom. The maximum atomic E-state index is 12.3. The molecule has 2 aromatic carbocycles. The van der Waals surface area contributed by atoms with Crippen LogP contribution in [0, 0.1) is 6.92 Å². The smallest absolute Gasteiger partial charge is 0.255 e. The fourth-order valence-corrected chi connectivity index (χ4v) is 2.13. The number of carbonyl (C=O) groups excluding carboxylic acids is 2. The quantitative estimate of drug-likeness (QED) is 0.941. The van der Waals surface area contributed by atoms with Gasteiger partial charge in [0, 0.05) is 31.8 Å². The van der Waals surface area contributed by atoms with Gasteiger partial charge in [-0.25, -0.2) is 0 Å². The van der Waals surface area contributed by atoms with Crippen LogP contribution in [-0.2, 0) is 11.3 Å². The van der Waals surface area contributed by atoms with Gasteiger partial charge in [-0.15, -0.1) is 0 Å². The summed E-state index contributed by atoms with van der Waals surface area (Å²) in [5.41, 5.74) is 3.29. The highest BCUT2D eigenvalue weighted by Crippen LogP contribution is 2.18. The average molecular weight is 296 g/mol. The summed E-state index contributed by atoms with van der Waals surface area (Å²) in [5, 5.41) is 2.92. The molecule has 1 N–H and O–H groups in total. The van der Waals surface area contributed by atoms with E-state index in [1.165, 1.54) is 6.92 Å². The summed E-state index contributed by atoms with van der Waals surface area (Å²) in [6.45, 7) is 3.93. The number of hydrogen-bond acceptors (Lipinski definition) is 2. The Hall–Kier alpha value is -2.62. The highest BCUT2D eigenvalue weighted by Gasteiger charge is 2.11. The van der Waals surface area contributed by atoms with Crippen molar-refractivity contribution in [1.29, 1.82) is 0 Å². The number of amides is 2. The molecule has 4 nitrogen and oxygen atoms in total. The normalized spacial score (nSPS) is 10.1. The molecule has 0 saturated carbocycles. The Morgan fingerprint density at radius 1 is 1.09 bits per heavy atom. The molecule has 4 heteroatoms. The van der Waals surface area contributed by atoms with E-state index in [9.17, 15) is 9.59 Å². The Kier molecular flexibility index (Phi) is 4.94. The Morgan fingerprint density at radius 3 is 2.50 bits per heavy atom. The topological polar surface area (TPSA) is 49.4 Å². The van der Waals surface area contributed by atoms with Crippen molar-refractivity contribution in [3.63, 3.8) is 0 Å². The van der Waals surface area contributed by atoms with Crippen molar-refractivity contribution in [3.8, 4) is 0 Å². The van der Waals surface area contributed by atoms with Crippen LogP contribution in [0.3, 0.4) is 0 Å². The first-order valence-electron chi connectivity index (χ1n) is 7.15. The van der Waals surface area contributed by atoms with Crippen LogP contribution >= 0.6 is 0 Å². The van der Waals surface area contributed by atoms with Crippen molar-refractivity contribution in [2.45, 2.75) is 20.4 Å². The molecule has 2 amide bonds. The maximum absolute atomic E-state index is 12.3. The number of hydrogen-bond donors (Lipinski definition) is 1. The second-order valence-electron chi connectivity index (χ2n) is 5.36. The van der Waals surface area contributed by atoms with Gasteiger partial charge >= 0.3 is 0 Å². The van der Waals surface area contributed by atoms with Gasteiger partial charge in [-0.05, 0) is 30.7 Å². The van der Waals surface area contributed by atoms with Crippen LogP contribution in [0.2, 0.25) is 0 Å². The minimum atomic E-state index is -0.151. The molecular weight excluding hydrogens is 276 g/mol. The second-order valence-corrected chi connectivity index (χ2v) is 5.36. The zero-order valence-electron chi connectivity index (χ0n) is 13.1. The average Bonchev–Trinajstić information content (AvgIpc) is 2.49. The molecule has 0 heterocycles. The van der Waals surface area contributed by atoms with Crippen LogP contribution < -0.4 is 5.32 Å². The zero-order chi connectivity index (χ0) is 16.1. The van der Waals surface area contributed by atoms with Crippen LogP contribution in [-0.4, -0.2) is 23.8 Å². The van der Waals surface area contributed by atoms with Gasteiger partial charge in [0.2, 0.25) is 5.91 Å². The van der Waals surface area contributed by atoms with E-state index in [1.807, 2.05) is 49.4 Å². The van der Waals surface area contributed by atoms with Crippen molar-refractivity contribution in [2.24, 2.45) is 0 Å². The van der Waals surface area contributed by atoms with Gasteiger partial charge in [0.05, 0.1) is 0 Å². The summed E-state index contributed by atoms with van der Waals surface area (Å²) < 4.78 is 0. The van der Waals surface area contributed by atoms with E-state index in [-0.39, 0.29) is 11.8 Å². The lowest BCUT2D eigenvalue weighted by Crippen LogP contribution is -2.24. The minimum absolute atomic E-state index is 0.0141. The molecule has 0 saturated heterocycles. The van der Waals surface area contributed by atoms with Crippen molar-refractivity contribution in [1.82, 2.24) is 4.90 Å². The first kappa shape index (κ1) is 15.8. The molecule has 0 fully saturated rings. The third kappa shape index (κ3) is 3.95. The standard InChI is InChI=1S/C18H20N2O2/c1-13-7-6-9-15(11-13)18(22)19-17-10-5-4-8-16(17)12-20(3)14(2)21/h4-11H,12H2,1-3H3,(H,19,22). The summed E-state index contributed by atoms with van der Waals surface area (Å²) in [7, 11) is 1.74. The summed E-state index contributed by atoms with van der Waals surface area (Å²) in [6, 6.07) is 15.0. The number of anilines is 1. The maximum Gasteiger partial charge on any atom is 0.255 e. The largest absolute Gasteiger partial charge is 0.342 e. The van der Waals surface area contributed by atoms with E-state index < -0.39 is 0 Å². The lowest BCUT2D eigenvalue weighted by Gasteiger charge is -2.18. The second kappa shape index (κ2) is 6.89. The lowest BCUT2D eigenvalue weighted by atomic mass is 10.1. The molecule has 114 valence electrons. The molecule has 22 heavy (non-hydrogen) atoms. The van der Waals surface area contributed by atoms with E-state index in [4.69, 9.17) is 0 Å². The van der Waals surface area contributed by atoms with Crippen LogP contribution in [0.1, 0.15) is 28.4 Å². The van der Waals surface area contributed by atoms with Crippen LogP contribution in [0.25, 0.3) is 0 Å². The Bertz CT molecular complexity index is 695. The van der Waals surface area contributed by atoms with E-state index >= 15 is 0 Å². The Balaban J connectivity index is 2.19. The van der Waals surface area contributed by atoms with Crippen molar-refractivity contribution < 1.29 is 9.59 Å². The summed E-state index contributed by atoms with van der Waals surface area (Å²) in [4.78, 5) is 25.3. The van der Waals surface area contributed by atoms with Gasteiger partial charge in [0.15, 0.2) is 0 Å². The van der Waals surface area contributed by atoms with Gasteiger partial charge in [0.1, 0.15) is 0 Å². The summed E-state index contributed by atoms with van der Waals surface area (Å²) in [5.74, 6) is -0.165. The molecule has 0 aromatic heterocycles. The number of rotatable bonds is 4. The fraction of sp³-hybridized carbons (Fsp3) is 0.222. The zero-order valence-corrected chi connectivity index (χ0v) is 13.1. The van der Waals surface area contributed by atoms with Gasteiger partial charge in [-0.3, -0.25) is 9.59 Å². The SMILES string of the molecule is CC(=O)N(C)Cc1ccccc1NC(=O)c1cccc(C)c1. The molecule has 0 unspecified atom stereocenters. The Labute approximate surface area is 130 Å². The van der Waals surface area contributed by atoms with Crippen molar-refractivity contribution in [3.05, 3.63) is 65.2 Å². The number of aryl methyl sites for hydroxylation is 1. The van der Waals surface area contributed by atoms with E-state index in [1.54, 1.807) is 18.0 Å². The highest BCUT2D eigenvalue weighted by atomic mass is 16.2. The molecule has 0 bridgehead atoms. The fourth-order valence-electron chi connectivity index (χ4n) is 2.13. The third-order valence-corrected chi connectivity index (χ3v) is 3.49. The number of carbonyl (C=O) groups is 2. The number of para-hydroxylation sites is 1. The molecule has 0 spiro atoms. The number of nitrogens with zero attached hydrogens (tertiary/aromatic N) is 1. The van der Waals surface area contributed by atoms with Crippen molar-refractivity contribution >= 4 is 17.5 Å². The highest BCUT2D eigenvalue weighted by molar-refractivity contribution is 6.04. The van der Waals surface area contributed by atoms with Gasteiger partial charge in [-0.1, -0.05) is 35.9 Å². The van der Waals surface area contributed by atoms with Gasteiger partial charge in [0.25, 0.3) is 5.91 Å². The minimum Gasteiger partial charge on any atom is -0.342 e. The number of nitrogens with one attached hydrogen (secondary N) is 1. The first-order valence-corrected chi connectivity index (χ1v) is 7.15. The predicted octanol–water partition coefficient (Wildman–Crippen LogP) is 3.23. The molecule has 0 aliphatic heterocycles. The summed E-state index contributed by atoms with van der Waals surface area (Å²) in [6.07, 6.45) is 0. The monoisotopic (exact) mass is 296 g/mol. The third-order valence-electron chi connectivity index (χ3n) is 3.49. The van der Waals surface area contributed by atoms with E-state index in [0.29, 0.717) is 12.1 Å². The molecular formula is C18H20N2O2. The summed E-state index contributed by atoms with van der Waals surface area (Å²) >= 11 is 0. The molecule has 2 rings (SSSR count). The first-order chi connectivity index (χ1) is 10.5. The lowest BCUT2D eigenvalue weighted by molar-refractivity contribution is -0.128. The molecule has 0 atom stereocenters. The molecule has 0 aliphatic rings. The predicted molar refractivity (Wildman–Crippen MR) is 87.7 cm³/mol. The number of benzene rings is 2. The molecule has 0 aliphatic carbocycles. The van der Waals surface area contributed by atoms with E-state index in [0.717, 1.165) is 16.8 Å². The van der Waals surface area contributed by atoms with E-state index in [2.05, 4.69) is 5.32 Å². The molecule has 0 radical (unpaired) electrons. The van der Waals surface area contributed by atoms with Crippen LogP contribution in [0.15, 0.2) is 48.5 Å².